The first-order chi connectivity index (χ1) is 19.8. The molecule has 240 valence electrons. The number of hydrogen-bond donors (Lipinski definition) is 0. The summed E-state index contributed by atoms with van der Waals surface area (Å²) >= 11 is 0. The maximum Gasteiger partial charge on any atom is 0.0786 e. The third-order valence-electron chi connectivity index (χ3n) is 10.2. The first-order valence-corrected chi connectivity index (χ1v) is 19.7. The molecule has 1 fully saturated rings. The minimum atomic E-state index is 1.37. The van der Waals surface area contributed by atoms with Gasteiger partial charge in [-0.3, -0.25) is 0 Å². The second-order valence-electron chi connectivity index (χ2n) is 14.2. The van der Waals surface area contributed by atoms with E-state index in [1.54, 1.807) is 0 Å². The summed E-state index contributed by atoms with van der Waals surface area (Å²) in [5.74, 6) is 0. The largest absolute Gasteiger partial charge is 0.324 e. The Bertz CT molecular complexity index is 465. The zero-order chi connectivity index (χ0) is 28.7. The maximum absolute atomic E-state index is 2.32. The van der Waals surface area contributed by atoms with E-state index < -0.39 is 0 Å². The Hall–Kier alpha value is -0.0400. The third kappa shape index (κ3) is 24.5. The van der Waals surface area contributed by atoms with Gasteiger partial charge in [-0.1, -0.05) is 181 Å². The summed E-state index contributed by atoms with van der Waals surface area (Å²) in [5.41, 5.74) is 0. The molecular formula is C39H80N+. The van der Waals surface area contributed by atoms with Gasteiger partial charge in [-0.2, -0.15) is 0 Å². The van der Waals surface area contributed by atoms with Crippen molar-refractivity contribution in [3.63, 3.8) is 0 Å². The molecule has 0 atom stereocenters. The van der Waals surface area contributed by atoms with Crippen molar-refractivity contribution in [2.75, 3.05) is 26.2 Å². The average Bonchev–Trinajstić information content (AvgIpc) is 2.97. The minimum Gasteiger partial charge on any atom is -0.324 e. The van der Waals surface area contributed by atoms with Crippen LogP contribution in [0.2, 0.25) is 0 Å². The molecule has 1 aliphatic rings. The van der Waals surface area contributed by atoms with Crippen molar-refractivity contribution in [1.82, 2.24) is 0 Å². The summed E-state index contributed by atoms with van der Waals surface area (Å²) in [7, 11) is 0. The fraction of sp³-hybridized carbons (Fsp3) is 1.00. The molecule has 0 N–H and O–H groups in total. The smallest absolute Gasteiger partial charge is 0.0786 e. The topological polar surface area (TPSA) is 0 Å². The van der Waals surface area contributed by atoms with Crippen molar-refractivity contribution in [2.24, 2.45) is 0 Å². The summed E-state index contributed by atoms with van der Waals surface area (Å²) in [6, 6.07) is 0. The molecule has 0 aromatic rings. The van der Waals surface area contributed by atoms with Gasteiger partial charge in [0.25, 0.3) is 0 Å². The second kappa shape index (κ2) is 30.4. The van der Waals surface area contributed by atoms with Crippen LogP contribution in [0, 0.1) is 0 Å². The standard InChI is InChI=1S/C39H80N/c1-3-5-7-9-11-13-15-17-19-20-22-24-26-28-30-33-37-40(38-34-31-35-39-40)36-32-29-27-25-23-21-18-16-14-12-10-8-6-4-2/h3-39H2,1-2H3/q+1. The number of rotatable bonds is 32. The van der Waals surface area contributed by atoms with Crippen molar-refractivity contribution < 1.29 is 4.48 Å². The van der Waals surface area contributed by atoms with Crippen LogP contribution in [0.4, 0.5) is 0 Å². The molecule has 1 aliphatic heterocycles. The zero-order valence-electron chi connectivity index (χ0n) is 28.6. The van der Waals surface area contributed by atoms with Crippen LogP contribution in [0.1, 0.15) is 226 Å². The molecule has 1 heterocycles. The number of quaternary nitrogens is 1. The molecule has 0 spiro atoms. The van der Waals surface area contributed by atoms with E-state index in [2.05, 4.69) is 13.8 Å². The van der Waals surface area contributed by atoms with Crippen LogP contribution >= 0.6 is 0 Å². The highest BCUT2D eigenvalue weighted by molar-refractivity contribution is 4.57. The number of piperidine rings is 1. The predicted octanol–water partition coefficient (Wildman–Crippen LogP) is 13.7. The van der Waals surface area contributed by atoms with Crippen molar-refractivity contribution in [1.29, 1.82) is 0 Å². The molecule has 0 aromatic carbocycles. The average molecular weight is 563 g/mol. The highest BCUT2D eigenvalue weighted by Crippen LogP contribution is 2.23. The molecule has 0 amide bonds. The third-order valence-corrected chi connectivity index (χ3v) is 10.2. The monoisotopic (exact) mass is 563 g/mol. The quantitative estimate of drug-likeness (QED) is 0.0565. The van der Waals surface area contributed by atoms with Gasteiger partial charge in [-0.15, -0.1) is 0 Å². The van der Waals surface area contributed by atoms with Gasteiger partial charge in [0.2, 0.25) is 0 Å². The lowest BCUT2D eigenvalue weighted by atomic mass is 10.0. The van der Waals surface area contributed by atoms with Gasteiger partial charge in [0.05, 0.1) is 26.2 Å². The summed E-state index contributed by atoms with van der Waals surface area (Å²) in [6.07, 6.45) is 48.9. The Labute approximate surface area is 256 Å². The van der Waals surface area contributed by atoms with Crippen LogP contribution in [-0.4, -0.2) is 30.7 Å². The van der Waals surface area contributed by atoms with E-state index in [4.69, 9.17) is 0 Å². The van der Waals surface area contributed by atoms with E-state index in [1.807, 2.05) is 0 Å². The van der Waals surface area contributed by atoms with E-state index >= 15 is 0 Å². The Morgan fingerprint density at radius 1 is 0.275 bits per heavy atom. The molecule has 0 aromatic heterocycles. The van der Waals surface area contributed by atoms with Gasteiger partial charge >= 0.3 is 0 Å². The molecule has 1 saturated heterocycles. The van der Waals surface area contributed by atoms with E-state index in [0.29, 0.717) is 0 Å². The predicted molar refractivity (Wildman–Crippen MR) is 183 cm³/mol. The zero-order valence-corrected chi connectivity index (χ0v) is 28.6. The number of unbranched alkanes of at least 4 members (excludes halogenated alkanes) is 28. The molecule has 0 saturated carbocycles. The fourth-order valence-electron chi connectivity index (χ4n) is 7.38. The molecule has 1 nitrogen and oxygen atoms in total. The van der Waals surface area contributed by atoms with Crippen LogP contribution in [0.3, 0.4) is 0 Å². The molecule has 40 heavy (non-hydrogen) atoms. The first-order valence-electron chi connectivity index (χ1n) is 19.7. The lowest BCUT2D eigenvalue weighted by Gasteiger charge is -2.42. The van der Waals surface area contributed by atoms with Gasteiger partial charge in [0, 0.05) is 0 Å². The summed E-state index contributed by atoms with van der Waals surface area (Å²) in [4.78, 5) is 0. The van der Waals surface area contributed by atoms with E-state index in [9.17, 15) is 0 Å². The summed E-state index contributed by atoms with van der Waals surface area (Å²) in [6.45, 7) is 10.6. The van der Waals surface area contributed by atoms with Crippen LogP contribution in [0.5, 0.6) is 0 Å². The van der Waals surface area contributed by atoms with Gasteiger partial charge in [0.15, 0.2) is 0 Å². The van der Waals surface area contributed by atoms with Gasteiger partial charge in [-0.05, 0) is 44.9 Å². The number of nitrogens with zero attached hydrogens (tertiary/aromatic N) is 1. The summed E-state index contributed by atoms with van der Waals surface area (Å²) < 4.78 is 1.50. The minimum absolute atomic E-state index is 1.37. The Kier molecular flexibility index (Phi) is 28.9. The lowest BCUT2D eigenvalue weighted by Crippen LogP contribution is -2.52. The summed E-state index contributed by atoms with van der Waals surface area (Å²) in [5, 5.41) is 0. The second-order valence-corrected chi connectivity index (χ2v) is 14.2. The van der Waals surface area contributed by atoms with Crippen molar-refractivity contribution in [3.8, 4) is 0 Å². The van der Waals surface area contributed by atoms with Crippen LogP contribution in [-0.2, 0) is 0 Å². The van der Waals surface area contributed by atoms with E-state index in [-0.39, 0.29) is 0 Å². The van der Waals surface area contributed by atoms with Gasteiger partial charge in [0.1, 0.15) is 0 Å². The van der Waals surface area contributed by atoms with Crippen molar-refractivity contribution in [3.05, 3.63) is 0 Å². The fourth-order valence-corrected chi connectivity index (χ4v) is 7.38. The van der Waals surface area contributed by atoms with E-state index in [1.165, 1.54) is 243 Å². The number of hydrogen-bond acceptors (Lipinski definition) is 0. The number of likely N-dealkylation sites (tertiary alicyclic amines) is 1. The Morgan fingerprint density at radius 2 is 0.500 bits per heavy atom. The van der Waals surface area contributed by atoms with Gasteiger partial charge in [-0.25, -0.2) is 0 Å². The lowest BCUT2D eigenvalue weighted by molar-refractivity contribution is -0.932. The van der Waals surface area contributed by atoms with Crippen LogP contribution in [0.15, 0.2) is 0 Å². The molecule has 0 aliphatic carbocycles. The van der Waals surface area contributed by atoms with Crippen molar-refractivity contribution in [2.45, 2.75) is 226 Å². The van der Waals surface area contributed by atoms with Crippen molar-refractivity contribution >= 4 is 0 Å². The highest BCUT2D eigenvalue weighted by atomic mass is 15.3. The van der Waals surface area contributed by atoms with Crippen LogP contribution < -0.4 is 0 Å². The molecule has 1 rings (SSSR count). The molecular weight excluding hydrogens is 482 g/mol. The molecule has 1 heteroatoms. The van der Waals surface area contributed by atoms with Crippen LogP contribution in [0.25, 0.3) is 0 Å². The Balaban J connectivity index is 1.91. The SMILES string of the molecule is CCCCCCCCCCCCCCCCCC[N+]1(CCCCCCCCCCCCCCCC)CCCCC1. The molecule has 0 unspecified atom stereocenters. The maximum atomic E-state index is 2.32. The van der Waals surface area contributed by atoms with E-state index in [0.717, 1.165) is 0 Å². The normalized spacial score (nSPS) is 15.2. The highest BCUT2D eigenvalue weighted by Gasteiger charge is 2.28. The molecule has 0 radical (unpaired) electrons. The Morgan fingerprint density at radius 3 is 0.750 bits per heavy atom. The molecule has 0 bridgehead atoms. The van der Waals surface area contributed by atoms with Gasteiger partial charge < -0.3 is 4.48 Å². The first kappa shape index (κ1) is 38.0.